The molecule has 1 heterocycles. The van der Waals surface area contributed by atoms with Gasteiger partial charge in [0.2, 0.25) is 0 Å². The molecule has 1 fully saturated rings. The third-order valence-electron chi connectivity index (χ3n) is 2.81. The van der Waals surface area contributed by atoms with Crippen molar-refractivity contribution >= 4 is 33.4 Å². The first-order valence-corrected chi connectivity index (χ1v) is 9.52. The molecule has 16 heavy (non-hydrogen) atoms. The summed E-state index contributed by atoms with van der Waals surface area (Å²) in [6, 6.07) is 0. The average Bonchev–Trinajstić information content (AvgIpc) is 2.17. The van der Waals surface area contributed by atoms with Gasteiger partial charge in [-0.2, -0.15) is 23.5 Å². The predicted molar refractivity (Wildman–Crippen MR) is 75.4 cm³/mol. The summed E-state index contributed by atoms with van der Waals surface area (Å²) in [5.74, 6) is 3.64. The smallest absolute Gasteiger partial charge is 0.153 e. The van der Waals surface area contributed by atoms with Gasteiger partial charge in [-0.25, -0.2) is 8.42 Å². The van der Waals surface area contributed by atoms with Gasteiger partial charge in [0.1, 0.15) is 0 Å². The molecule has 1 atom stereocenters. The zero-order valence-electron chi connectivity index (χ0n) is 10.2. The number of thioether (sulfide) groups is 2. The van der Waals surface area contributed by atoms with Crippen LogP contribution in [-0.4, -0.2) is 55.0 Å². The Morgan fingerprint density at radius 1 is 1.38 bits per heavy atom. The van der Waals surface area contributed by atoms with Gasteiger partial charge >= 0.3 is 0 Å². The van der Waals surface area contributed by atoms with E-state index in [4.69, 9.17) is 0 Å². The zero-order valence-corrected chi connectivity index (χ0v) is 12.6. The summed E-state index contributed by atoms with van der Waals surface area (Å²) in [5.41, 5.74) is 0. The first-order valence-electron chi connectivity index (χ1n) is 5.42. The molecule has 0 spiro atoms. The molecule has 0 aromatic rings. The van der Waals surface area contributed by atoms with Crippen molar-refractivity contribution < 1.29 is 8.42 Å². The SMILES string of the molecule is CC(C)(CNCC1CSCCS1)S(C)(=O)=O. The molecular weight excluding hydrogens is 262 g/mol. The Morgan fingerprint density at radius 3 is 2.56 bits per heavy atom. The first kappa shape index (κ1) is 14.7. The van der Waals surface area contributed by atoms with Crippen LogP contribution in [0, 0.1) is 0 Å². The van der Waals surface area contributed by atoms with Crippen molar-refractivity contribution in [1.82, 2.24) is 5.32 Å². The van der Waals surface area contributed by atoms with Crippen LogP contribution >= 0.6 is 23.5 Å². The van der Waals surface area contributed by atoms with E-state index in [0.29, 0.717) is 11.8 Å². The summed E-state index contributed by atoms with van der Waals surface area (Å²) in [6.45, 7) is 5.00. The van der Waals surface area contributed by atoms with Crippen LogP contribution in [-0.2, 0) is 9.84 Å². The van der Waals surface area contributed by atoms with Gasteiger partial charge in [-0.05, 0) is 13.8 Å². The molecule has 96 valence electrons. The van der Waals surface area contributed by atoms with Gasteiger partial charge in [-0.1, -0.05) is 0 Å². The van der Waals surface area contributed by atoms with Crippen molar-refractivity contribution in [3.63, 3.8) is 0 Å². The normalized spacial score (nSPS) is 23.3. The highest BCUT2D eigenvalue weighted by Crippen LogP contribution is 2.23. The van der Waals surface area contributed by atoms with Crippen molar-refractivity contribution in [1.29, 1.82) is 0 Å². The van der Waals surface area contributed by atoms with Gasteiger partial charge in [-0.3, -0.25) is 0 Å². The van der Waals surface area contributed by atoms with Crippen LogP contribution in [0.25, 0.3) is 0 Å². The van der Waals surface area contributed by atoms with Crippen LogP contribution in [0.2, 0.25) is 0 Å². The molecule has 0 radical (unpaired) electrons. The van der Waals surface area contributed by atoms with Crippen molar-refractivity contribution in [2.45, 2.75) is 23.8 Å². The molecule has 1 aliphatic rings. The van der Waals surface area contributed by atoms with E-state index in [1.807, 2.05) is 23.5 Å². The van der Waals surface area contributed by atoms with Crippen LogP contribution < -0.4 is 5.32 Å². The van der Waals surface area contributed by atoms with E-state index in [-0.39, 0.29) is 0 Å². The minimum Gasteiger partial charge on any atom is -0.314 e. The lowest BCUT2D eigenvalue weighted by Gasteiger charge is -2.26. The number of hydrogen-bond acceptors (Lipinski definition) is 5. The van der Waals surface area contributed by atoms with Crippen molar-refractivity contribution in [3.05, 3.63) is 0 Å². The second kappa shape index (κ2) is 5.98. The molecular formula is C10H21NO2S3. The second-order valence-corrected chi connectivity index (χ2v) is 9.94. The molecule has 1 aliphatic heterocycles. The summed E-state index contributed by atoms with van der Waals surface area (Å²) in [6.07, 6.45) is 1.31. The minimum atomic E-state index is -2.98. The zero-order chi connectivity index (χ0) is 12.2. The quantitative estimate of drug-likeness (QED) is 0.823. The fraction of sp³-hybridized carbons (Fsp3) is 1.00. The Labute approximate surface area is 107 Å². The van der Waals surface area contributed by atoms with E-state index in [2.05, 4.69) is 5.32 Å². The highest BCUT2D eigenvalue weighted by atomic mass is 32.2. The Morgan fingerprint density at radius 2 is 2.06 bits per heavy atom. The topological polar surface area (TPSA) is 46.2 Å². The average molecular weight is 283 g/mol. The monoisotopic (exact) mass is 283 g/mol. The molecule has 1 unspecified atom stereocenters. The lowest BCUT2D eigenvalue weighted by atomic mass is 10.2. The summed E-state index contributed by atoms with van der Waals surface area (Å²) in [4.78, 5) is 0. The Hall–Kier alpha value is 0.610. The Kier molecular flexibility index (Phi) is 5.48. The van der Waals surface area contributed by atoms with E-state index >= 15 is 0 Å². The number of rotatable bonds is 5. The van der Waals surface area contributed by atoms with Crippen LogP contribution in [0.4, 0.5) is 0 Å². The Balaban J connectivity index is 2.29. The van der Waals surface area contributed by atoms with E-state index in [9.17, 15) is 8.42 Å². The fourth-order valence-corrected chi connectivity index (χ4v) is 4.33. The van der Waals surface area contributed by atoms with Crippen LogP contribution in [0.15, 0.2) is 0 Å². The highest BCUT2D eigenvalue weighted by Gasteiger charge is 2.29. The molecule has 0 amide bonds. The molecule has 6 heteroatoms. The first-order chi connectivity index (χ1) is 7.33. The summed E-state index contributed by atoms with van der Waals surface area (Å²) in [5, 5.41) is 3.92. The van der Waals surface area contributed by atoms with Gasteiger partial charge in [0.05, 0.1) is 4.75 Å². The third-order valence-corrected chi connectivity index (χ3v) is 7.81. The molecule has 0 aromatic heterocycles. The predicted octanol–water partition coefficient (Wildman–Crippen LogP) is 1.25. The van der Waals surface area contributed by atoms with Crippen molar-refractivity contribution in [2.24, 2.45) is 0 Å². The fourth-order valence-electron chi connectivity index (χ4n) is 1.32. The van der Waals surface area contributed by atoms with Crippen LogP contribution in [0.1, 0.15) is 13.8 Å². The second-order valence-electron chi connectivity index (χ2n) is 4.73. The van der Waals surface area contributed by atoms with Gasteiger partial charge in [0.15, 0.2) is 9.84 Å². The third kappa shape index (κ3) is 4.47. The molecule has 1 saturated heterocycles. The molecule has 0 aromatic carbocycles. The maximum Gasteiger partial charge on any atom is 0.153 e. The maximum absolute atomic E-state index is 11.5. The van der Waals surface area contributed by atoms with Gasteiger partial charge in [0, 0.05) is 41.9 Å². The van der Waals surface area contributed by atoms with Gasteiger partial charge in [0.25, 0.3) is 0 Å². The van der Waals surface area contributed by atoms with E-state index in [1.165, 1.54) is 23.5 Å². The number of sulfone groups is 1. The van der Waals surface area contributed by atoms with E-state index < -0.39 is 14.6 Å². The summed E-state index contributed by atoms with van der Waals surface area (Å²) in [7, 11) is -2.98. The van der Waals surface area contributed by atoms with Crippen LogP contribution in [0.5, 0.6) is 0 Å². The molecule has 0 saturated carbocycles. The molecule has 1 rings (SSSR count). The van der Waals surface area contributed by atoms with Crippen LogP contribution in [0.3, 0.4) is 0 Å². The summed E-state index contributed by atoms with van der Waals surface area (Å²) < 4.78 is 22.3. The highest BCUT2D eigenvalue weighted by molar-refractivity contribution is 8.06. The molecule has 0 bridgehead atoms. The molecule has 3 nitrogen and oxygen atoms in total. The largest absolute Gasteiger partial charge is 0.314 e. The number of hydrogen-bond donors (Lipinski definition) is 1. The van der Waals surface area contributed by atoms with Crippen molar-refractivity contribution in [2.75, 3.05) is 36.6 Å². The number of nitrogens with one attached hydrogen (secondary N) is 1. The minimum absolute atomic E-state index is 0.535. The summed E-state index contributed by atoms with van der Waals surface area (Å²) >= 11 is 3.98. The lowest BCUT2D eigenvalue weighted by molar-refractivity contribution is 0.523. The lowest BCUT2D eigenvalue weighted by Crippen LogP contribution is -2.44. The Bertz CT molecular complexity index is 308. The van der Waals surface area contributed by atoms with Gasteiger partial charge < -0.3 is 5.32 Å². The van der Waals surface area contributed by atoms with E-state index in [0.717, 1.165) is 6.54 Å². The standard InChI is InChI=1S/C10H21NO2S3/c1-10(2,16(3,12)13)8-11-6-9-7-14-4-5-15-9/h9,11H,4-8H2,1-3H3. The molecule has 0 aliphatic carbocycles. The molecule has 1 N–H and O–H groups in total. The maximum atomic E-state index is 11.5. The van der Waals surface area contributed by atoms with Gasteiger partial charge in [-0.15, -0.1) is 0 Å². The van der Waals surface area contributed by atoms with Crippen molar-refractivity contribution in [3.8, 4) is 0 Å². The van der Waals surface area contributed by atoms with E-state index in [1.54, 1.807) is 13.8 Å².